The molecule has 0 aliphatic heterocycles. The highest BCUT2D eigenvalue weighted by molar-refractivity contribution is 7.99. The average Bonchev–Trinajstić information content (AvgIpc) is 3.05. The number of nitrogens with one attached hydrogen (secondary N) is 1. The number of fused-ring (bicyclic) bond motifs is 2. The van der Waals surface area contributed by atoms with Crippen molar-refractivity contribution in [3.05, 3.63) is 33.8 Å². The van der Waals surface area contributed by atoms with Crippen LogP contribution in [0.15, 0.2) is 18.2 Å². The van der Waals surface area contributed by atoms with Gasteiger partial charge in [0.05, 0.1) is 15.8 Å². The summed E-state index contributed by atoms with van der Waals surface area (Å²) in [6.45, 7) is 0. The number of hydrogen-bond acceptors (Lipinski definition) is 2. The van der Waals surface area contributed by atoms with Crippen LogP contribution in [0, 0.1) is 11.8 Å². The van der Waals surface area contributed by atoms with Gasteiger partial charge in [0.2, 0.25) is 5.91 Å². The van der Waals surface area contributed by atoms with Gasteiger partial charge in [0.1, 0.15) is 0 Å². The van der Waals surface area contributed by atoms with Crippen LogP contribution in [0.4, 0.5) is 0 Å². The Hall–Kier alpha value is -0.380. The molecule has 2 fully saturated rings. The van der Waals surface area contributed by atoms with Gasteiger partial charge in [-0.25, -0.2) is 0 Å². The van der Waals surface area contributed by atoms with Gasteiger partial charge in [-0.15, -0.1) is 11.8 Å². The first-order valence-corrected chi connectivity index (χ1v) is 9.34. The Kier molecular flexibility index (Phi) is 5.03. The smallest absolute Gasteiger partial charge is 0.230 e. The number of thioether (sulfide) groups is 1. The second-order valence-electron chi connectivity index (χ2n) is 6.09. The second kappa shape index (κ2) is 6.80. The number of rotatable bonds is 5. The summed E-state index contributed by atoms with van der Waals surface area (Å²) in [5, 5.41) is 4.35. The van der Waals surface area contributed by atoms with Crippen LogP contribution in [-0.2, 0) is 10.5 Å². The Morgan fingerprint density at radius 3 is 2.76 bits per heavy atom. The molecule has 2 saturated carbocycles. The van der Waals surface area contributed by atoms with Gasteiger partial charge in [0.25, 0.3) is 0 Å². The fraction of sp³-hybridized carbons (Fsp3) is 0.562. The zero-order valence-corrected chi connectivity index (χ0v) is 14.1. The lowest BCUT2D eigenvalue weighted by atomic mass is 9.95. The predicted molar refractivity (Wildman–Crippen MR) is 90.0 cm³/mol. The normalized spacial score (nSPS) is 27.0. The minimum Gasteiger partial charge on any atom is -0.352 e. The predicted octanol–water partition coefficient (Wildman–Crippen LogP) is 4.53. The van der Waals surface area contributed by atoms with Crippen molar-refractivity contribution in [1.82, 2.24) is 5.32 Å². The summed E-state index contributed by atoms with van der Waals surface area (Å²) in [6.07, 6.45) is 5.17. The molecule has 2 aliphatic carbocycles. The average molecular weight is 344 g/mol. The quantitative estimate of drug-likeness (QED) is 0.850. The summed E-state index contributed by atoms with van der Waals surface area (Å²) in [4.78, 5) is 12.0. The molecular formula is C16H19Cl2NOS. The van der Waals surface area contributed by atoms with E-state index in [-0.39, 0.29) is 5.91 Å². The molecule has 0 heterocycles. The number of carbonyl (C=O) groups is 1. The zero-order chi connectivity index (χ0) is 14.8. The molecule has 3 rings (SSSR count). The van der Waals surface area contributed by atoms with E-state index in [9.17, 15) is 4.79 Å². The maximum Gasteiger partial charge on any atom is 0.230 e. The summed E-state index contributed by atoms with van der Waals surface area (Å²) in [7, 11) is 0. The van der Waals surface area contributed by atoms with Crippen molar-refractivity contribution in [1.29, 1.82) is 0 Å². The summed E-state index contributed by atoms with van der Waals surface area (Å²) in [6, 6.07) is 6.05. The lowest BCUT2D eigenvalue weighted by molar-refractivity contribution is -0.119. The van der Waals surface area contributed by atoms with Crippen molar-refractivity contribution in [2.24, 2.45) is 11.8 Å². The van der Waals surface area contributed by atoms with E-state index in [1.807, 2.05) is 12.1 Å². The molecule has 2 nitrogen and oxygen atoms in total. The molecule has 114 valence electrons. The molecule has 5 heteroatoms. The van der Waals surface area contributed by atoms with Crippen molar-refractivity contribution in [3.63, 3.8) is 0 Å². The summed E-state index contributed by atoms with van der Waals surface area (Å²) in [5.41, 5.74) is 1.10. The van der Waals surface area contributed by atoms with E-state index in [1.54, 1.807) is 17.8 Å². The van der Waals surface area contributed by atoms with E-state index in [1.165, 1.54) is 25.7 Å². The van der Waals surface area contributed by atoms with Crippen LogP contribution in [0.1, 0.15) is 31.2 Å². The number of benzene rings is 1. The van der Waals surface area contributed by atoms with E-state index >= 15 is 0 Å². The molecule has 0 saturated heterocycles. The van der Waals surface area contributed by atoms with E-state index in [0.29, 0.717) is 21.8 Å². The van der Waals surface area contributed by atoms with E-state index in [4.69, 9.17) is 23.2 Å². The van der Waals surface area contributed by atoms with Gasteiger partial charge >= 0.3 is 0 Å². The van der Waals surface area contributed by atoms with Crippen LogP contribution in [0.2, 0.25) is 10.0 Å². The van der Waals surface area contributed by atoms with Gasteiger partial charge < -0.3 is 5.32 Å². The number of carbonyl (C=O) groups excluding carboxylic acids is 1. The van der Waals surface area contributed by atoms with Gasteiger partial charge in [0.15, 0.2) is 0 Å². The molecule has 1 N–H and O–H groups in total. The molecule has 0 radical (unpaired) electrons. The minimum atomic E-state index is 0.164. The summed E-state index contributed by atoms with van der Waals surface area (Å²) in [5.74, 6) is 3.05. The highest BCUT2D eigenvalue weighted by Gasteiger charge is 2.39. The van der Waals surface area contributed by atoms with Crippen molar-refractivity contribution >= 4 is 40.9 Å². The number of hydrogen-bond donors (Lipinski definition) is 1. The second-order valence-corrected chi connectivity index (χ2v) is 7.89. The molecular weight excluding hydrogens is 325 g/mol. The molecule has 3 atom stereocenters. The van der Waals surface area contributed by atoms with Crippen LogP contribution in [0.3, 0.4) is 0 Å². The van der Waals surface area contributed by atoms with Gasteiger partial charge in [-0.1, -0.05) is 35.7 Å². The van der Waals surface area contributed by atoms with Gasteiger partial charge in [-0.05, 0) is 48.8 Å². The van der Waals surface area contributed by atoms with Crippen LogP contribution in [0.25, 0.3) is 0 Å². The largest absolute Gasteiger partial charge is 0.352 e. The van der Waals surface area contributed by atoms with Crippen LogP contribution >= 0.6 is 35.0 Å². The highest BCUT2D eigenvalue weighted by Crippen LogP contribution is 2.44. The molecule has 0 unspecified atom stereocenters. The summed E-state index contributed by atoms with van der Waals surface area (Å²) < 4.78 is 0. The SMILES string of the molecule is O=C(CSCc1ccc(Cl)c(Cl)c1)N[C@H]1C[C@H]2CC[C@@H]1C2. The molecule has 1 aromatic rings. The fourth-order valence-electron chi connectivity index (χ4n) is 3.56. The Labute approximate surface area is 140 Å². The molecule has 0 aromatic heterocycles. The Bertz CT molecular complexity index is 537. The van der Waals surface area contributed by atoms with Crippen molar-refractivity contribution in [2.75, 3.05) is 5.75 Å². The van der Waals surface area contributed by atoms with E-state index in [2.05, 4.69) is 5.32 Å². The lowest BCUT2D eigenvalue weighted by Crippen LogP contribution is -2.39. The maximum atomic E-state index is 12.0. The number of amides is 1. The topological polar surface area (TPSA) is 29.1 Å². The molecule has 21 heavy (non-hydrogen) atoms. The third-order valence-electron chi connectivity index (χ3n) is 4.57. The van der Waals surface area contributed by atoms with Gasteiger partial charge in [-0.3, -0.25) is 4.79 Å². The highest BCUT2D eigenvalue weighted by atomic mass is 35.5. The standard InChI is InChI=1S/C16H19Cl2NOS/c17-13-4-2-11(6-14(13)18)8-21-9-16(20)19-15-7-10-1-3-12(15)5-10/h2,4,6,10,12,15H,1,3,5,7-9H2,(H,19,20)/t10-,12+,15-/m0/s1. The molecule has 1 aromatic carbocycles. The van der Waals surface area contributed by atoms with Crippen molar-refractivity contribution in [2.45, 2.75) is 37.5 Å². The van der Waals surface area contributed by atoms with Crippen molar-refractivity contribution < 1.29 is 4.79 Å². The zero-order valence-electron chi connectivity index (χ0n) is 11.8. The first-order chi connectivity index (χ1) is 10.1. The summed E-state index contributed by atoms with van der Waals surface area (Å²) >= 11 is 13.5. The molecule has 1 amide bonds. The third kappa shape index (κ3) is 3.88. The van der Waals surface area contributed by atoms with Crippen LogP contribution < -0.4 is 5.32 Å². The van der Waals surface area contributed by atoms with E-state index in [0.717, 1.165) is 23.2 Å². The van der Waals surface area contributed by atoms with Gasteiger partial charge in [-0.2, -0.15) is 0 Å². The first kappa shape index (κ1) is 15.5. The Morgan fingerprint density at radius 2 is 2.10 bits per heavy atom. The van der Waals surface area contributed by atoms with Crippen molar-refractivity contribution in [3.8, 4) is 0 Å². The van der Waals surface area contributed by atoms with Gasteiger partial charge in [0, 0.05) is 11.8 Å². The molecule has 0 spiro atoms. The number of halogens is 2. The third-order valence-corrected chi connectivity index (χ3v) is 6.31. The maximum absolute atomic E-state index is 12.0. The first-order valence-electron chi connectivity index (χ1n) is 7.43. The van der Waals surface area contributed by atoms with Crippen LogP contribution in [0.5, 0.6) is 0 Å². The molecule has 2 aliphatic rings. The minimum absolute atomic E-state index is 0.164. The van der Waals surface area contributed by atoms with E-state index < -0.39 is 0 Å². The van der Waals surface area contributed by atoms with Crippen LogP contribution in [-0.4, -0.2) is 17.7 Å². The fourth-order valence-corrected chi connectivity index (χ4v) is 4.67. The monoisotopic (exact) mass is 343 g/mol. The molecule has 2 bridgehead atoms. The Balaban J connectivity index is 1.40. The Morgan fingerprint density at radius 1 is 1.24 bits per heavy atom. The lowest BCUT2D eigenvalue weighted by Gasteiger charge is -2.22.